The number of nitrogens with one attached hydrogen (secondary N) is 1. The largest absolute Gasteiger partial charge is 0.459 e. The molecular formula is C13H14F3NO. The molecule has 1 aromatic carbocycles. The Bertz CT molecular complexity index is 485. The first-order valence-electron chi connectivity index (χ1n) is 5.72. The molecule has 0 aliphatic heterocycles. The van der Waals surface area contributed by atoms with Crippen LogP contribution in [0.4, 0.5) is 13.2 Å². The van der Waals surface area contributed by atoms with Crippen molar-refractivity contribution in [3.8, 4) is 0 Å². The van der Waals surface area contributed by atoms with Crippen molar-refractivity contribution in [2.45, 2.75) is 25.1 Å². The van der Waals surface area contributed by atoms with Crippen molar-refractivity contribution in [1.82, 2.24) is 5.32 Å². The molecule has 0 fully saturated rings. The maximum atomic E-state index is 12.2. The molecule has 0 spiro atoms. The van der Waals surface area contributed by atoms with Gasteiger partial charge in [-0.05, 0) is 25.6 Å². The summed E-state index contributed by atoms with van der Waals surface area (Å²) < 4.78 is 42.2. The van der Waals surface area contributed by atoms with Crippen LogP contribution in [0.15, 0.2) is 34.7 Å². The average Bonchev–Trinajstić information content (AvgIpc) is 2.71. The first kappa shape index (κ1) is 13.0. The van der Waals surface area contributed by atoms with E-state index in [2.05, 4.69) is 5.32 Å². The molecule has 0 saturated carbocycles. The SMILES string of the molecule is CNC(CCC(F)(F)F)c1cc2ccccc2o1. The predicted octanol–water partition coefficient (Wildman–Crippen LogP) is 4.04. The zero-order chi connectivity index (χ0) is 13.2. The number of para-hydroxylation sites is 1. The lowest BCUT2D eigenvalue weighted by atomic mass is 10.1. The van der Waals surface area contributed by atoms with Gasteiger partial charge in [0.15, 0.2) is 0 Å². The second-order valence-corrected chi connectivity index (χ2v) is 4.18. The van der Waals surface area contributed by atoms with Crippen LogP contribution in [0.25, 0.3) is 11.0 Å². The van der Waals surface area contributed by atoms with Gasteiger partial charge in [-0.3, -0.25) is 0 Å². The van der Waals surface area contributed by atoms with E-state index in [0.717, 1.165) is 5.39 Å². The molecule has 2 rings (SSSR count). The molecule has 0 saturated heterocycles. The Morgan fingerprint density at radius 1 is 1.28 bits per heavy atom. The van der Waals surface area contributed by atoms with Crippen LogP contribution in [0, 0.1) is 0 Å². The third-order valence-corrected chi connectivity index (χ3v) is 2.85. The molecule has 98 valence electrons. The lowest BCUT2D eigenvalue weighted by Crippen LogP contribution is -2.19. The van der Waals surface area contributed by atoms with Gasteiger partial charge >= 0.3 is 6.18 Å². The van der Waals surface area contributed by atoms with Crippen LogP contribution >= 0.6 is 0 Å². The summed E-state index contributed by atoms with van der Waals surface area (Å²) in [6.07, 6.45) is -4.99. The van der Waals surface area contributed by atoms with Crippen molar-refractivity contribution in [3.63, 3.8) is 0 Å². The van der Waals surface area contributed by atoms with Gasteiger partial charge in [-0.2, -0.15) is 13.2 Å². The van der Waals surface area contributed by atoms with Crippen LogP contribution in [0.3, 0.4) is 0 Å². The lowest BCUT2D eigenvalue weighted by molar-refractivity contribution is -0.136. The van der Waals surface area contributed by atoms with Crippen molar-refractivity contribution < 1.29 is 17.6 Å². The van der Waals surface area contributed by atoms with Crippen LogP contribution in [-0.4, -0.2) is 13.2 Å². The molecule has 1 N–H and O–H groups in total. The molecule has 1 atom stereocenters. The van der Waals surface area contributed by atoms with Crippen molar-refractivity contribution in [1.29, 1.82) is 0 Å². The lowest BCUT2D eigenvalue weighted by Gasteiger charge is -2.14. The summed E-state index contributed by atoms with van der Waals surface area (Å²) >= 11 is 0. The van der Waals surface area contributed by atoms with Gasteiger partial charge in [-0.25, -0.2) is 0 Å². The van der Waals surface area contributed by atoms with E-state index >= 15 is 0 Å². The Labute approximate surface area is 103 Å². The highest BCUT2D eigenvalue weighted by Gasteiger charge is 2.29. The Morgan fingerprint density at radius 3 is 2.61 bits per heavy atom. The molecule has 2 nitrogen and oxygen atoms in total. The molecule has 1 unspecified atom stereocenters. The highest BCUT2D eigenvalue weighted by atomic mass is 19.4. The summed E-state index contributed by atoms with van der Waals surface area (Å²) in [6.45, 7) is 0. The Kier molecular flexibility index (Phi) is 3.61. The summed E-state index contributed by atoms with van der Waals surface area (Å²) in [5, 5.41) is 3.76. The number of hydrogen-bond acceptors (Lipinski definition) is 2. The van der Waals surface area contributed by atoms with Crippen LogP contribution < -0.4 is 5.32 Å². The molecule has 1 aromatic heterocycles. The number of alkyl halides is 3. The molecule has 0 radical (unpaired) electrons. The predicted molar refractivity (Wildman–Crippen MR) is 63.3 cm³/mol. The zero-order valence-corrected chi connectivity index (χ0v) is 9.92. The van der Waals surface area contributed by atoms with E-state index in [-0.39, 0.29) is 6.42 Å². The summed E-state index contributed by atoms with van der Waals surface area (Å²) in [7, 11) is 1.63. The minimum absolute atomic E-state index is 0.0280. The van der Waals surface area contributed by atoms with Crippen molar-refractivity contribution in [3.05, 3.63) is 36.1 Å². The fourth-order valence-corrected chi connectivity index (χ4v) is 1.91. The molecule has 18 heavy (non-hydrogen) atoms. The van der Waals surface area contributed by atoms with E-state index in [1.54, 1.807) is 19.2 Å². The van der Waals surface area contributed by atoms with E-state index < -0.39 is 18.6 Å². The second-order valence-electron chi connectivity index (χ2n) is 4.18. The maximum absolute atomic E-state index is 12.2. The maximum Gasteiger partial charge on any atom is 0.389 e. The van der Waals surface area contributed by atoms with Crippen molar-refractivity contribution in [2.24, 2.45) is 0 Å². The van der Waals surface area contributed by atoms with Crippen molar-refractivity contribution >= 4 is 11.0 Å². The number of furan rings is 1. The Morgan fingerprint density at radius 2 is 2.00 bits per heavy atom. The van der Waals surface area contributed by atoms with Gasteiger partial charge in [-0.15, -0.1) is 0 Å². The zero-order valence-electron chi connectivity index (χ0n) is 9.92. The molecular weight excluding hydrogens is 243 g/mol. The first-order chi connectivity index (χ1) is 8.49. The number of fused-ring (bicyclic) bond motifs is 1. The van der Waals surface area contributed by atoms with Crippen LogP contribution in [0.1, 0.15) is 24.6 Å². The van der Waals surface area contributed by atoms with Gasteiger partial charge < -0.3 is 9.73 Å². The average molecular weight is 257 g/mol. The third kappa shape index (κ3) is 3.04. The standard InChI is InChI=1S/C13H14F3NO/c1-17-10(6-7-13(14,15)16)12-8-9-4-2-3-5-11(9)18-12/h2-5,8,10,17H,6-7H2,1H3. The fourth-order valence-electron chi connectivity index (χ4n) is 1.91. The normalized spacial score (nSPS) is 14.0. The highest BCUT2D eigenvalue weighted by Crippen LogP contribution is 2.30. The molecule has 2 aromatic rings. The third-order valence-electron chi connectivity index (χ3n) is 2.85. The molecule has 0 bridgehead atoms. The smallest absolute Gasteiger partial charge is 0.389 e. The summed E-state index contributed by atoms with van der Waals surface area (Å²) in [5.74, 6) is 0.544. The van der Waals surface area contributed by atoms with E-state index in [9.17, 15) is 13.2 Å². The molecule has 0 amide bonds. The van der Waals surface area contributed by atoms with Crippen LogP contribution in [0.5, 0.6) is 0 Å². The van der Waals surface area contributed by atoms with Crippen molar-refractivity contribution in [2.75, 3.05) is 7.05 Å². The van der Waals surface area contributed by atoms with Crippen LogP contribution in [-0.2, 0) is 0 Å². The fraction of sp³-hybridized carbons (Fsp3) is 0.385. The minimum Gasteiger partial charge on any atom is -0.459 e. The van der Waals surface area contributed by atoms with Gasteiger partial charge in [0.05, 0.1) is 6.04 Å². The van der Waals surface area contributed by atoms with E-state index in [0.29, 0.717) is 11.3 Å². The summed E-state index contributed by atoms with van der Waals surface area (Å²) in [6, 6.07) is 8.74. The number of rotatable bonds is 4. The van der Waals surface area contributed by atoms with Gasteiger partial charge in [0.2, 0.25) is 0 Å². The van der Waals surface area contributed by atoms with E-state index in [4.69, 9.17) is 4.42 Å². The Balaban J connectivity index is 2.16. The summed E-state index contributed by atoms with van der Waals surface area (Å²) in [4.78, 5) is 0. The van der Waals surface area contributed by atoms with Gasteiger partial charge in [0.25, 0.3) is 0 Å². The summed E-state index contributed by atoms with van der Waals surface area (Å²) in [5.41, 5.74) is 0.694. The van der Waals surface area contributed by atoms with Gasteiger partial charge in [0, 0.05) is 11.8 Å². The molecule has 1 heterocycles. The molecule has 0 aliphatic rings. The number of halogens is 3. The van der Waals surface area contributed by atoms with Gasteiger partial charge in [-0.1, -0.05) is 18.2 Å². The highest BCUT2D eigenvalue weighted by molar-refractivity contribution is 5.77. The Hall–Kier alpha value is -1.49. The minimum atomic E-state index is -4.14. The van der Waals surface area contributed by atoms with Crippen LogP contribution in [0.2, 0.25) is 0 Å². The van der Waals surface area contributed by atoms with Gasteiger partial charge in [0.1, 0.15) is 11.3 Å². The second kappa shape index (κ2) is 5.02. The monoisotopic (exact) mass is 257 g/mol. The topological polar surface area (TPSA) is 25.2 Å². The van der Waals surface area contributed by atoms with E-state index in [1.807, 2.05) is 18.2 Å². The number of benzene rings is 1. The molecule has 5 heteroatoms. The number of hydrogen-bond donors (Lipinski definition) is 1. The first-order valence-corrected chi connectivity index (χ1v) is 5.72. The molecule has 0 aliphatic carbocycles. The van der Waals surface area contributed by atoms with E-state index in [1.165, 1.54) is 0 Å². The quantitative estimate of drug-likeness (QED) is 0.894.